The van der Waals surface area contributed by atoms with Crippen LogP contribution in [0.25, 0.3) is 0 Å². The predicted octanol–water partition coefficient (Wildman–Crippen LogP) is 2.01. The molecule has 0 aliphatic rings. The van der Waals surface area contributed by atoms with Crippen LogP contribution < -0.4 is 15.2 Å². The van der Waals surface area contributed by atoms with Gasteiger partial charge in [-0.15, -0.1) is 0 Å². The molecule has 0 aromatic heterocycles. The van der Waals surface area contributed by atoms with Gasteiger partial charge in [0.1, 0.15) is 11.5 Å². The maximum absolute atomic E-state index is 12.0. The van der Waals surface area contributed by atoms with Crippen LogP contribution in [-0.4, -0.2) is 25.5 Å². The first-order chi connectivity index (χ1) is 7.85. The predicted molar refractivity (Wildman–Crippen MR) is 66.8 cm³/mol. The van der Waals surface area contributed by atoms with E-state index in [-0.39, 0.29) is 12.2 Å². The van der Waals surface area contributed by atoms with E-state index in [1.54, 1.807) is 32.4 Å². The molecule has 0 atom stereocenters. The van der Waals surface area contributed by atoms with Gasteiger partial charge >= 0.3 is 0 Å². The van der Waals surface area contributed by atoms with Gasteiger partial charge in [-0.3, -0.25) is 4.79 Å². The molecule has 0 saturated heterocycles. The third-order valence-electron chi connectivity index (χ3n) is 2.29. The average Bonchev–Trinajstić information content (AvgIpc) is 2.26. The summed E-state index contributed by atoms with van der Waals surface area (Å²) < 4.78 is 10.2. The number of carbonyl (C=O) groups is 1. The van der Waals surface area contributed by atoms with Crippen molar-refractivity contribution in [1.82, 2.24) is 0 Å². The Morgan fingerprint density at radius 1 is 1.18 bits per heavy atom. The number of ether oxygens (including phenoxy) is 2. The molecule has 2 N–H and O–H groups in total. The van der Waals surface area contributed by atoms with Crippen LogP contribution in [0.5, 0.6) is 11.5 Å². The van der Waals surface area contributed by atoms with Gasteiger partial charge in [-0.05, 0) is 26.0 Å². The zero-order valence-electron chi connectivity index (χ0n) is 10.7. The van der Waals surface area contributed by atoms with Crippen molar-refractivity contribution in [2.45, 2.75) is 25.8 Å². The minimum absolute atomic E-state index is 0.0188. The largest absolute Gasteiger partial charge is 0.497 e. The van der Waals surface area contributed by atoms with Crippen LogP contribution in [0.1, 0.15) is 30.6 Å². The average molecular weight is 237 g/mol. The minimum atomic E-state index is -0.520. The van der Waals surface area contributed by atoms with Crippen LogP contribution in [-0.2, 0) is 0 Å². The highest BCUT2D eigenvalue weighted by Crippen LogP contribution is 2.24. The summed E-state index contributed by atoms with van der Waals surface area (Å²) in [6.07, 6.45) is 0.281. The molecule has 0 heterocycles. The number of nitrogens with two attached hydrogens (primary N) is 1. The second-order valence-electron chi connectivity index (χ2n) is 4.69. The SMILES string of the molecule is COc1cc(OC)cc(C(=O)CC(C)(C)N)c1. The van der Waals surface area contributed by atoms with Crippen molar-refractivity contribution in [2.75, 3.05) is 14.2 Å². The number of carbonyl (C=O) groups excluding carboxylic acids is 1. The van der Waals surface area contributed by atoms with Crippen LogP contribution in [0.3, 0.4) is 0 Å². The fraction of sp³-hybridized carbons (Fsp3) is 0.462. The van der Waals surface area contributed by atoms with Gasteiger partial charge in [-0.25, -0.2) is 0 Å². The molecule has 0 saturated carbocycles. The van der Waals surface area contributed by atoms with E-state index in [4.69, 9.17) is 15.2 Å². The topological polar surface area (TPSA) is 61.5 Å². The van der Waals surface area contributed by atoms with Crippen molar-refractivity contribution in [3.05, 3.63) is 23.8 Å². The maximum Gasteiger partial charge on any atom is 0.164 e. The Balaban J connectivity index is 3.00. The number of benzene rings is 1. The number of Topliss-reactive ketones (excluding diaryl/α,β-unsaturated/α-hetero) is 1. The Morgan fingerprint density at radius 3 is 2.00 bits per heavy atom. The van der Waals surface area contributed by atoms with E-state index >= 15 is 0 Å². The third-order valence-corrected chi connectivity index (χ3v) is 2.29. The second kappa shape index (κ2) is 5.19. The molecular weight excluding hydrogens is 218 g/mol. The number of hydrogen-bond donors (Lipinski definition) is 1. The molecule has 0 unspecified atom stereocenters. The lowest BCUT2D eigenvalue weighted by Crippen LogP contribution is -2.34. The van der Waals surface area contributed by atoms with Gasteiger partial charge in [0.25, 0.3) is 0 Å². The molecule has 94 valence electrons. The van der Waals surface area contributed by atoms with Gasteiger partial charge in [0.2, 0.25) is 0 Å². The molecule has 4 heteroatoms. The lowest BCUT2D eigenvalue weighted by Gasteiger charge is -2.17. The maximum atomic E-state index is 12.0. The van der Waals surface area contributed by atoms with E-state index < -0.39 is 5.54 Å². The van der Waals surface area contributed by atoms with Crippen molar-refractivity contribution in [2.24, 2.45) is 5.73 Å². The van der Waals surface area contributed by atoms with Crippen LogP contribution in [0.4, 0.5) is 0 Å². The number of ketones is 1. The molecule has 1 aromatic carbocycles. The fourth-order valence-corrected chi connectivity index (χ4v) is 1.48. The van der Waals surface area contributed by atoms with Gasteiger partial charge in [-0.2, -0.15) is 0 Å². The first-order valence-electron chi connectivity index (χ1n) is 5.41. The van der Waals surface area contributed by atoms with Crippen LogP contribution >= 0.6 is 0 Å². The summed E-state index contributed by atoms with van der Waals surface area (Å²) >= 11 is 0. The normalized spacial score (nSPS) is 11.1. The Morgan fingerprint density at radius 2 is 1.65 bits per heavy atom. The number of rotatable bonds is 5. The zero-order valence-corrected chi connectivity index (χ0v) is 10.7. The first kappa shape index (κ1) is 13.5. The van der Waals surface area contributed by atoms with Crippen LogP contribution in [0, 0.1) is 0 Å². The second-order valence-corrected chi connectivity index (χ2v) is 4.69. The summed E-state index contributed by atoms with van der Waals surface area (Å²) in [7, 11) is 3.10. The van der Waals surface area contributed by atoms with Gasteiger partial charge in [0, 0.05) is 23.6 Å². The fourth-order valence-electron chi connectivity index (χ4n) is 1.48. The summed E-state index contributed by atoms with van der Waals surface area (Å²) in [5.41, 5.74) is 5.87. The minimum Gasteiger partial charge on any atom is -0.497 e. The molecule has 1 rings (SSSR count). The molecule has 0 fully saturated rings. The molecule has 4 nitrogen and oxygen atoms in total. The van der Waals surface area contributed by atoms with Crippen molar-refractivity contribution >= 4 is 5.78 Å². The van der Waals surface area contributed by atoms with Gasteiger partial charge in [0.05, 0.1) is 14.2 Å². The van der Waals surface area contributed by atoms with Crippen molar-refractivity contribution in [3.63, 3.8) is 0 Å². The molecule has 1 aromatic rings. The molecule has 17 heavy (non-hydrogen) atoms. The summed E-state index contributed by atoms with van der Waals surface area (Å²) in [5, 5.41) is 0. The highest BCUT2D eigenvalue weighted by atomic mass is 16.5. The quantitative estimate of drug-likeness (QED) is 0.796. The number of methoxy groups -OCH3 is 2. The molecule has 0 spiro atoms. The summed E-state index contributed by atoms with van der Waals surface area (Å²) in [5.74, 6) is 1.18. The molecule has 0 radical (unpaired) electrons. The third kappa shape index (κ3) is 4.07. The van der Waals surface area contributed by atoms with E-state index in [1.165, 1.54) is 0 Å². The lowest BCUT2D eigenvalue weighted by atomic mass is 9.95. The molecule has 0 bridgehead atoms. The first-order valence-corrected chi connectivity index (χ1v) is 5.41. The van der Waals surface area contributed by atoms with E-state index in [2.05, 4.69) is 0 Å². The van der Waals surface area contributed by atoms with Gasteiger partial charge < -0.3 is 15.2 Å². The smallest absolute Gasteiger partial charge is 0.164 e. The van der Waals surface area contributed by atoms with E-state index in [1.807, 2.05) is 13.8 Å². The van der Waals surface area contributed by atoms with Crippen LogP contribution in [0.2, 0.25) is 0 Å². The highest BCUT2D eigenvalue weighted by Gasteiger charge is 2.18. The molecular formula is C13H19NO3. The Bertz CT molecular complexity index is 385. The standard InChI is InChI=1S/C13H19NO3/c1-13(2,14)8-12(15)9-5-10(16-3)7-11(6-9)17-4/h5-7H,8,14H2,1-4H3. The highest BCUT2D eigenvalue weighted by molar-refractivity contribution is 5.97. The summed E-state index contributed by atoms with van der Waals surface area (Å²) in [6.45, 7) is 3.64. The number of hydrogen-bond acceptors (Lipinski definition) is 4. The Kier molecular flexibility index (Phi) is 4.12. The Hall–Kier alpha value is -1.55. The van der Waals surface area contributed by atoms with Crippen molar-refractivity contribution in [3.8, 4) is 11.5 Å². The summed E-state index contributed by atoms with van der Waals surface area (Å²) in [6, 6.07) is 5.11. The Labute approximate surface area is 102 Å². The van der Waals surface area contributed by atoms with E-state index in [9.17, 15) is 4.79 Å². The lowest BCUT2D eigenvalue weighted by molar-refractivity contribution is 0.0959. The monoisotopic (exact) mass is 237 g/mol. The van der Waals surface area contributed by atoms with Crippen LogP contribution in [0.15, 0.2) is 18.2 Å². The zero-order chi connectivity index (χ0) is 13.1. The van der Waals surface area contributed by atoms with E-state index in [0.717, 1.165) is 0 Å². The molecule has 0 aliphatic heterocycles. The van der Waals surface area contributed by atoms with Gasteiger partial charge in [-0.1, -0.05) is 0 Å². The van der Waals surface area contributed by atoms with E-state index in [0.29, 0.717) is 17.1 Å². The molecule has 0 aliphatic carbocycles. The summed E-state index contributed by atoms with van der Waals surface area (Å²) in [4.78, 5) is 12.0. The van der Waals surface area contributed by atoms with Crippen molar-refractivity contribution < 1.29 is 14.3 Å². The molecule has 0 amide bonds. The van der Waals surface area contributed by atoms with Gasteiger partial charge in [0.15, 0.2) is 5.78 Å². The van der Waals surface area contributed by atoms with Crippen molar-refractivity contribution in [1.29, 1.82) is 0 Å².